The number of aliphatic carboxylic acids is 1. The van der Waals surface area contributed by atoms with E-state index in [2.05, 4.69) is 26.6 Å². The van der Waals surface area contributed by atoms with Crippen LogP contribution in [0.2, 0.25) is 0 Å². The van der Waals surface area contributed by atoms with Crippen molar-refractivity contribution in [1.82, 2.24) is 21.3 Å². The van der Waals surface area contributed by atoms with E-state index in [4.69, 9.17) is 25.1 Å². The van der Waals surface area contributed by atoms with Gasteiger partial charge in [-0.2, -0.15) is 0 Å². The smallest absolute Gasteiger partial charge is 0.322 e. The Kier molecular flexibility index (Phi) is 19.4. The Bertz CT molecular complexity index is 1290. The quantitative estimate of drug-likeness (QED) is 0.105. The Morgan fingerprint density at radius 2 is 1.66 bits per heavy atom. The monoisotopic (exact) mass is 710 g/mol. The zero-order valence-corrected chi connectivity index (χ0v) is 29.9. The molecule has 1 aliphatic heterocycles. The number of carbonyl (C=O) groups excluding carboxylic acids is 5. The van der Waals surface area contributed by atoms with Gasteiger partial charge >= 0.3 is 18.0 Å². The summed E-state index contributed by atoms with van der Waals surface area (Å²) in [6.07, 6.45) is -2.45. The number of ether oxygens (including phenoxy) is 3. The summed E-state index contributed by atoms with van der Waals surface area (Å²) in [6, 6.07) is 3.80. The molecule has 0 aliphatic carbocycles. The SMILES string of the molecule is CC(C)NC(C(=O)NCC(=O)Nc1ccc(COC(=O)C(C)C)cc1OC1CC(O)CC(C(=O)NCC(=O)O)O1)C(C)C.CCCNC(N)=O. The third kappa shape index (κ3) is 17.3. The van der Waals surface area contributed by atoms with E-state index in [0.717, 1.165) is 6.42 Å². The standard InChI is InChI=1S/C29H44N4O10.C4H10N2O/c1-15(2)26(32-17(5)6)28(39)30-12-23(35)33-20-8-7-18(14-41-29(40)16(3)4)9-21(20)42-25-11-19(34)10-22(43-25)27(38)31-13-24(36)37;1-2-3-6-4(5)7/h7-9,15-17,19,22,25-26,32,34H,10-14H2,1-6H3,(H,30,39)(H,31,38)(H,33,35)(H,36,37);2-3H2,1H3,(H3,5,6,7). The second kappa shape index (κ2) is 22.3. The average molecular weight is 711 g/mol. The fraction of sp³-hybridized carbons (Fsp3) is 0.636. The average Bonchev–Trinajstić information content (AvgIpc) is 3.03. The van der Waals surface area contributed by atoms with Crippen LogP contribution in [0.1, 0.15) is 73.3 Å². The molecule has 0 spiro atoms. The molecular formula is C33H54N6O11. The highest BCUT2D eigenvalue weighted by molar-refractivity contribution is 5.96. The van der Waals surface area contributed by atoms with Crippen LogP contribution in [-0.2, 0) is 40.1 Å². The van der Waals surface area contributed by atoms with Crippen molar-refractivity contribution in [3.63, 3.8) is 0 Å². The molecule has 282 valence electrons. The van der Waals surface area contributed by atoms with Crippen LogP contribution in [0.4, 0.5) is 10.5 Å². The topological polar surface area (TPSA) is 257 Å². The molecule has 1 aromatic carbocycles. The van der Waals surface area contributed by atoms with Gasteiger partial charge in [-0.25, -0.2) is 4.79 Å². The summed E-state index contributed by atoms with van der Waals surface area (Å²) in [4.78, 5) is 70.6. The van der Waals surface area contributed by atoms with Crippen molar-refractivity contribution in [3.8, 4) is 5.75 Å². The molecule has 0 radical (unpaired) electrons. The molecule has 1 fully saturated rings. The summed E-state index contributed by atoms with van der Waals surface area (Å²) < 4.78 is 17.0. The first kappa shape index (κ1) is 43.5. The molecule has 0 bridgehead atoms. The Labute approximate surface area is 292 Å². The predicted molar refractivity (Wildman–Crippen MR) is 183 cm³/mol. The Hall–Kier alpha value is -4.48. The minimum absolute atomic E-state index is 0.0105. The lowest BCUT2D eigenvalue weighted by Crippen LogP contribution is -2.51. The Morgan fingerprint density at radius 1 is 0.980 bits per heavy atom. The van der Waals surface area contributed by atoms with E-state index in [1.165, 1.54) is 12.1 Å². The molecule has 4 atom stereocenters. The van der Waals surface area contributed by atoms with Gasteiger partial charge in [-0.05, 0) is 30.0 Å². The highest BCUT2D eigenvalue weighted by Gasteiger charge is 2.34. The highest BCUT2D eigenvalue weighted by atomic mass is 16.7. The van der Waals surface area contributed by atoms with Crippen molar-refractivity contribution in [2.75, 3.05) is 25.0 Å². The largest absolute Gasteiger partial charge is 0.480 e. The molecule has 9 N–H and O–H groups in total. The molecule has 4 unspecified atom stereocenters. The number of nitrogens with two attached hydrogens (primary N) is 1. The molecule has 17 heteroatoms. The summed E-state index contributed by atoms with van der Waals surface area (Å²) in [5, 5.41) is 32.3. The summed E-state index contributed by atoms with van der Waals surface area (Å²) in [7, 11) is 0. The third-order valence-corrected chi connectivity index (χ3v) is 6.84. The van der Waals surface area contributed by atoms with Gasteiger partial charge < -0.3 is 56.7 Å². The zero-order valence-electron chi connectivity index (χ0n) is 29.9. The normalized spacial score (nSPS) is 17.5. The van der Waals surface area contributed by atoms with Gasteiger partial charge in [-0.1, -0.05) is 54.5 Å². The highest BCUT2D eigenvalue weighted by Crippen LogP contribution is 2.31. The van der Waals surface area contributed by atoms with Gasteiger partial charge in [0.1, 0.15) is 25.0 Å². The third-order valence-electron chi connectivity index (χ3n) is 6.84. The lowest BCUT2D eigenvalue weighted by Gasteiger charge is -2.32. The molecule has 1 aromatic rings. The number of benzene rings is 1. The van der Waals surface area contributed by atoms with E-state index in [1.807, 2.05) is 34.6 Å². The molecule has 1 heterocycles. The number of aliphatic hydroxyl groups excluding tert-OH is 1. The van der Waals surface area contributed by atoms with E-state index in [0.29, 0.717) is 12.1 Å². The van der Waals surface area contributed by atoms with Crippen molar-refractivity contribution in [2.45, 2.75) is 105 Å². The molecule has 0 saturated carbocycles. The zero-order chi connectivity index (χ0) is 38.0. The van der Waals surface area contributed by atoms with Crippen molar-refractivity contribution in [2.24, 2.45) is 17.6 Å². The first-order chi connectivity index (χ1) is 23.4. The molecule has 1 saturated heterocycles. The molecular weight excluding hydrogens is 656 g/mol. The van der Waals surface area contributed by atoms with Crippen molar-refractivity contribution >= 4 is 41.4 Å². The number of carboxylic acid groups (broad SMARTS) is 1. The second-order valence-corrected chi connectivity index (χ2v) is 12.6. The van der Waals surface area contributed by atoms with Crippen LogP contribution in [-0.4, -0.2) is 96.1 Å². The number of hydrogen-bond donors (Lipinski definition) is 8. The van der Waals surface area contributed by atoms with Gasteiger partial charge in [0.15, 0.2) is 0 Å². The molecule has 2 rings (SSSR count). The summed E-state index contributed by atoms with van der Waals surface area (Å²) >= 11 is 0. The number of carbonyl (C=O) groups is 6. The lowest BCUT2D eigenvalue weighted by atomic mass is 10.0. The van der Waals surface area contributed by atoms with Gasteiger partial charge in [0.05, 0.1) is 30.3 Å². The molecule has 17 nitrogen and oxygen atoms in total. The number of primary amides is 1. The second-order valence-electron chi connectivity index (χ2n) is 12.6. The number of aliphatic hydroxyl groups is 1. The van der Waals surface area contributed by atoms with E-state index >= 15 is 0 Å². The maximum absolute atomic E-state index is 12.8. The van der Waals surface area contributed by atoms with Gasteiger partial charge in [0.25, 0.3) is 0 Å². The first-order valence-electron chi connectivity index (χ1n) is 16.6. The summed E-state index contributed by atoms with van der Waals surface area (Å²) in [5.74, 6) is -3.48. The van der Waals surface area contributed by atoms with Crippen LogP contribution in [0.5, 0.6) is 5.75 Å². The molecule has 1 aliphatic rings. The van der Waals surface area contributed by atoms with Gasteiger partial charge in [0.2, 0.25) is 24.0 Å². The first-order valence-corrected chi connectivity index (χ1v) is 16.6. The molecule has 50 heavy (non-hydrogen) atoms. The van der Waals surface area contributed by atoms with Crippen LogP contribution in [0.25, 0.3) is 0 Å². The Balaban J connectivity index is 0.00000161. The number of anilines is 1. The number of esters is 1. The van der Waals surface area contributed by atoms with Crippen LogP contribution in [0, 0.1) is 11.8 Å². The van der Waals surface area contributed by atoms with Crippen molar-refractivity contribution in [1.29, 1.82) is 0 Å². The molecule has 5 amide bonds. The minimum atomic E-state index is -1.24. The predicted octanol–water partition coefficient (Wildman–Crippen LogP) is 0.973. The van der Waals surface area contributed by atoms with E-state index in [-0.39, 0.29) is 61.2 Å². The summed E-state index contributed by atoms with van der Waals surface area (Å²) in [6.45, 7) is 12.7. The van der Waals surface area contributed by atoms with Crippen LogP contribution < -0.4 is 37.1 Å². The number of amides is 5. The Morgan fingerprint density at radius 3 is 2.20 bits per heavy atom. The number of hydrogen-bond acceptors (Lipinski definition) is 11. The maximum Gasteiger partial charge on any atom is 0.322 e. The number of nitrogens with one attached hydrogen (secondary N) is 5. The molecule has 0 aromatic heterocycles. The van der Waals surface area contributed by atoms with Crippen molar-refractivity contribution in [3.05, 3.63) is 23.8 Å². The van der Waals surface area contributed by atoms with Crippen molar-refractivity contribution < 1.29 is 53.2 Å². The van der Waals surface area contributed by atoms with E-state index < -0.39 is 60.9 Å². The fourth-order valence-corrected chi connectivity index (χ4v) is 4.35. The van der Waals surface area contributed by atoms with Gasteiger partial charge in [-0.15, -0.1) is 0 Å². The van der Waals surface area contributed by atoms with Crippen LogP contribution >= 0.6 is 0 Å². The summed E-state index contributed by atoms with van der Waals surface area (Å²) in [5.41, 5.74) is 5.46. The van der Waals surface area contributed by atoms with Crippen LogP contribution in [0.3, 0.4) is 0 Å². The van der Waals surface area contributed by atoms with Crippen LogP contribution in [0.15, 0.2) is 18.2 Å². The maximum atomic E-state index is 12.8. The van der Waals surface area contributed by atoms with Gasteiger partial charge in [-0.3, -0.25) is 24.0 Å². The van der Waals surface area contributed by atoms with E-state index in [1.54, 1.807) is 19.9 Å². The van der Waals surface area contributed by atoms with Gasteiger partial charge in [0, 0.05) is 25.4 Å². The minimum Gasteiger partial charge on any atom is -0.480 e. The number of urea groups is 1. The lowest BCUT2D eigenvalue weighted by molar-refractivity contribution is -0.184. The number of rotatable bonds is 17. The van der Waals surface area contributed by atoms with E-state index in [9.17, 15) is 33.9 Å². The fourth-order valence-electron chi connectivity index (χ4n) is 4.35. The number of carboxylic acids is 1.